The zero-order chi connectivity index (χ0) is 6.24. The lowest BCUT2D eigenvalue weighted by molar-refractivity contribution is 1.34. The van der Waals surface area contributed by atoms with Crippen LogP contribution in [0.3, 0.4) is 0 Å². The largest absolute Gasteiger partial charge is 0.0943 e. The van der Waals surface area contributed by atoms with Crippen LogP contribution in [0.5, 0.6) is 0 Å². The number of azide groups is 1. The zero-order valence-electron chi connectivity index (χ0n) is 4.57. The van der Waals surface area contributed by atoms with Crippen molar-refractivity contribution in [3.8, 4) is 0 Å². The smallest absolute Gasteiger partial charge is 0.0825 e. The lowest BCUT2D eigenvalue weighted by Gasteiger charge is -1.87. The van der Waals surface area contributed by atoms with Gasteiger partial charge < -0.3 is 0 Å². The third-order valence-electron chi connectivity index (χ3n) is 0.375. The van der Waals surface area contributed by atoms with Crippen molar-refractivity contribution in [1.82, 2.24) is 0 Å². The Morgan fingerprint density at radius 3 is 2.88 bits per heavy atom. The van der Waals surface area contributed by atoms with Crippen LogP contribution in [0, 0.1) is 0 Å². The van der Waals surface area contributed by atoms with E-state index in [-0.39, 0.29) is 0 Å². The van der Waals surface area contributed by atoms with E-state index in [0.717, 1.165) is 5.75 Å². The van der Waals surface area contributed by atoms with Crippen LogP contribution < -0.4 is 0 Å². The van der Waals surface area contributed by atoms with Crippen molar-refractivity contribution in [3.63, 3.8) is 0 Å². The Hall–Kier alpha value is 0.01000. The normalized spacial score (nSPS) is 8.12. The summed E-state index contributed by atoms with van der Waals surface area (Å²) in [4.78, 5) is 2.60. The average Bonchev–Trinajstić information content (AvgIpc) is 1.81. The van der Waals surface area contributed by atoms with Gasteiger partial charge in [-0.05, 0) is 5.53 Å². The fourth-order valence-corrected chi connectivity index (χ4v) is 1.38. The first-order chi connectivity index (χ1) is 3.91. The number of nitrogens with zero attached hydrogens (tertiary/aromatic N) is 3. The van der Waals surface area contributed by atoms with Crippen LogP contribution in [-0.4, -0.2) is 11.6 Å². The highest BCUT2D eigenvalue weighted by Gasteiger charge is 1.79. The number of rotatable bonds is 4. The molecule has 3 nitrogen and oxygen atoms in total. The van der Waals surface area contributed by atoms with Gasteiger partial charge in [-0.2, -0.15) is 0 Å². The average molecular weight is 149 g/mol. The summed E-state index contributed by atoms with van der Waals surface area (Å²) in [5.74, 6) is 1.60. The molecular weight excluding hydrogens is 142 g/mol. The van der Waals surface area contributed by atoms with E-state index in [1.807, 2.05) is 0 Å². The van der Waals surface area contributed by atoms with Crippen LogP contribution in [0.15, 0.2) is 5.11 Å². The van der Waals surface area contributed by atoms with Crippen LogP contribution >= 0.6 is 21.6 Å². The molecular formula is C3H7N3S2. The van der Waals surface area contributed by atoms with Crippen LogP contribution in [0.1, 0.15) is 6.92 Å². The molecule has 0 bridgehead atoms. The molecule has 0 aliphatic heterocycles. The van der Waals surface area contributed by atoms with E-state index in [9.17, 15) is 0 Å². The SMILES string of the molecule is CCSSCN=[N+]=[N-]. The maximum atomic E-state index is 7.80. The fraction of sp³-hybridized carbons (Fsp3) is 1.00. The molecule has 5 heteroatoms. The van der Waals surface area contributed by atoms with Crippen LogP contribution in [0.25, 0.3) is 10.4 Å². The quantitative estimate of drug-likeness (QED) is 0.203. The van der Waals surface area contributed by atoms with Gasteiger partial charge in [-0.3, -0.25) is 0 Å². The van der Waals surface area contributed by atoms with E-state index in [1.54, 1.807) is 21.6 Å². The Bertz CT molecular complexity index is 88.5. The predicted molar refractivity (Wildman–Crippen MR) is 39.7 cm³/mol. The van der Waals surface area contributed by atoms with Gasteiger partial charge in [-0.15, -0.1) is 0 Å². The van der Waals surface area contributed by atoms with Crippen molar-refractivity contribution in [2.45, 2.75) is 6.92 Å². The molecule has 0 aromatic carbocycles. The molecule has 0 unspecified atom stereocenters. The second-order valence-corrected chi connectivity index (χ2v) is 3.61. The Balaban J connectivity index is 2.82. The first-order valence-corrected chi connectivity index (χ1v) is 4.66. The first kappa shape index (κ1) is 8.01. The van der Waals surface area contributed by atoms with Gasteiger partial charge in [0.05, 0.1) is 5.88 Å². The minimum atomic E-state index is 0.537. The Morgan fingerprint density at radius 2 is 2.38 bits per heavy atom. The second-order valence-electron chi connectivity index (χ2n) is 0.884. The molecule has 0 heterocycles. The van der Waals surface area contributed by atoms with Gasteiger partial charge in [0.25, 0.3) is 0 Å². The Labute approximate surface area is 56.2 Å². The minimum Gasteiger partial charge on any atom is -0.0943 e. The third-order valence-corrected chi connectivity index (χ3v) is 2.52. The summed E-state index contributed by atoms with van der Waals surface area (Å²) in [6.45, 7) is 2.06. The standard InChI is InChI=1S/C3H7N3S2/c1-2-7-8-3-5-6-4/h2-3H2,1H3. The molecule has 0 aliphatic rings. The summed E-state index contributed by atoms with van der Waals surface area (Å²) in [5.41, 5.74) is 7.80. The van der Waals surface area contributed by atoms with Crippen LogP contribution in [0.4, 0.5) is 0 Å². The molecule has 0 spiro atoms. The van der Waals surface area contributed by atoms with Crippen molar-refractivity contribution < 1.29 is 0 Å². The summed E-state index contributed by atoms with van der Waals surface area (Å²) in [5, 5.41) is 3.33. The predicted octanol–water partition coefficient (Wildman–Crippen LogP) is 2.66. The highest BCUT2D eigenvalue weighted by Crippen LogP contribution is 2.19. The molecule has 0 N–H and O–H groups in total. The van der Waals surface area contributed by atoms with E-state index in [0.29, 0.717) is 5.88 Å². The lowest BCUT2D eigenvalue weighted by atomic mass is 11.0. The van der Waals surface area contributed by atoms with Crippen LogP contribution in [0.2, 0.25) is 0 Å². The minimum absolute atomic E-state index is 0.537. The summed E-state index contributed by atoms with van der Waals surface area (Å²) < 4.78 is 0. The van der Waals surface area contributed by atoms with E-state index in [2.05, 4.69) is 16.9 Å². The molecule has 0 rings (SSSR count). The van der Waals surface area contributed by atoms with Crippen molar-refractivity contribution in [2.24, 2.45) is 5.11 Å². The molecule has 0 aromatic rings. The summed E-state index contributed by atoms with van der Waals surface area (Å²) >= 11 is 0. The van der Waals surface area contributed by atoms with Gasteiger partial charge >= 0.3 is 0 Å². The first-order valence-electron chi connectivity index (χ1n) is 2.17. The molecule has 46 valence electrons. The topological polar surface area (TPSA) is 48.8 Å². The van der Waals surface area contributed by atoms with E-state index in [4.69, 9.17) is 5.53 Å². The van der Waals surface area contributed by atoms with Gasteiger partial charge in [-0.1, -0.05) is 33.6 Å². The van der Waals surface area contributed by atoms with Crippen LogP contribution in [-0.2, 0) is 0 Å². The van der Waals surface area contributed by atoms with Gasteiger partial charge in [0.1, 0.15) is 0 Å². The van der Waals surface area contributed by atoms with Gasteiger partial charge in [0, 0.05) is 10.7 Å². The second kappa shape index (κ2) is 7.01. The molecule has 0 amide bonds. The fourth-order valence-electron chi connectivity index (χ4n) is 0.170. The maximum absolute atomic E-state index is 7.80. The number of hydrogen-bond donors (Lipinski definition) is 0. The van der Waals surface area contributed by atoms with E-state index < -0.39 is 0 Å². The Morgan fingerprint density at radius 1 is 1.62 bits per heavy atom. The Kier molecular flexibility index (Phi) is 7.02. The lowest BCUT2D eigenvalue weighted by Crippen LogP contribution is -1.62. The van der Waals surface area contributed by atoms with Crippen molar-refractivity contribution >= 4 is 21.6 Å². The van der Waals surface area contributed by atoms with E-state index >= 15 is 0 Å². The molecule has 8 heavy (non-hydrogen) atoms. The zero-order valence-corrected chi connectivity index (χ0v) is 6.21. The molecule has 0 saturated carbocycles. The van der Waals surface area contributed by atoms with Gasteiger partial charge in [0.15, 0.2) is 0 Å². The summed E-state index contributed by atoms with van der Waals surface area (Å²) in [6, 6.07) is 0. The van der Waals surface area contributed by atoms with Gasteiger partial charge in [0.2, 0.25) is 0 Å². The highest BCUT2D eigenvalue weighted by atomic mass is 33.1. The summed E-state index contributed by atoms with van der Waals surface area (Å²) in [7, 11) is 3.27. The number of hydrogen-bond acceptors (Lipinski definition) is 3. The highest BCUT2D eigenvalue weighted by molar-refractivity contribution is 8.76. The third kappa shape index (κ3) is 6.01. The molecule has 0 radical (unpaired) electrons. The summed E-state index contributed by atoms with van der Waals surface area (Å²) in [6.07, 6.45) is 0. The van der Waals surface area contributed by atoms with E-state index in [1.165, 1.54) is 0 Å². The molecule has 0 aromatic heterocycles. The molecule has 0 saturated heterocycles. The molecule has 0 aliphatic carbocycles. The van der Waals surface area contributed by atoms with Crippen molar-refractivity contribution in [3.05, 3.63) is 10.4 Å². The maximum Gasteiger partial charge on any atom is 0.0825 e. The van der Waals surface area contributed by atoms with Crippen molar-refractivity contribution in [1.29, 1.82) is 0 Å². The molecule has 0 atom stereocenters. The molecule has 0 fully saturated rings. The van der Waals surface area contributed by atoms with Gasteiger partial charge in [-0.25, -0.2) is 0 Å². The monoisotopic (exact) mass is 149 g/mol. The van der Waals surface area contributed by atoms with Crippen molar-refractivity contribution in [2.75, 3.05) is 11.6 Å².